The van der Waals surface area contributed by atoms with Crippen molar-refractivity contribution in [2.45, 2.75) is 6.18 Å². The zero-order valence-corrected chi connectivity index (χ0v) is 10.4. The lowest BCUT2D eigenvalue weighted by Gasteiger charge is -2.16. The molecule has 0 bridgehead atoms. The number of nitrogens with two attached hydrogens (primary N) is 2. The lowest BCUT2D eigenvalue weighted by molar-refractivity contribution is -0.137. The average molecular weight is 287 g/mol. The van der Waals surface area contributed by atoms with E-state index >= 15 is 0 Å². The fourth-order valence-corrected chi connectivity index (χ4v) is 1.98. The molecule has 0 aliphatic carbocycles. The summed E-state index contributed by atoms with van der Waals surface area (Å²) >= 11 is 5.72. The maximum absolute atomic E-state index is 13.0. The summed E-state index contributed by atoms with van der Waals surface area (Å²) in [6.45, 7) is 0. The molecule has 0 unspecified atom stereocenters. The summed E-state index contributed by atoms with van der Waals surface area (Å²) in [7, 11) is 0. The lowest BCUT2D eigenvalue weighted by atomic mass is 9.96. The van der Waals surface area contributed by atoms with Gasteiger partial charge in [-0.25, -0.2) is 0 Å². The second-order valence-corrected chi connectivity index (χ2v) is 4.47. The Morgan fingerprint density at radius 1 is 0.947 bits per heavy atom. The van der Waals surface area contributed by atoms with E-state index in [1.54, 1.807) is 0 Å². The van der Waals surface area contributed by atoms with Gasteiger partial charge < -0.3 is 11.5 Å². The molecular formula is C13H10ClF3N2. The molecule has 2 aromatic carbocycles. The van der Waals surface area contributed by atoms with E-state index < -0.39 is 11.7 Å². The fraction of sp³-hybridized carbons (Fsp3) is 0.0769. The summed E-state index contributed by atoms with van der Waals surface area (Å²) in [6.07, 6.45) is -4.53. The number of alkyl halides is 3. The Morgan fingerprint density at radius 3 is 2.05 bits per heavy atom. The number of hydrogen-bond acceptors (Lipinski definition) is 2. The van der Waals surface area contributed by atoms with Crippen molar-refractivity contribution in [1.82, 2.24) is 0 Å². The second-order valence-electron chi connectivity index (χ2n) is 4.04. The molecule has 0 aromatic heterocycles. The molecule has 2 nitrogen and oxygen atoms in total. The molecule has 0 amide bonds. The summed E-state index contributed by atoms with van der Waals surface area (Å²) in [5.41, 5.74) is 10.5. The molecule has 0 fully saturated rings. The molecule has 0 saturated heterocycles. The van der Waals surface area contributed by atoms with Gasteiger partial charge in [-0.3, -0.25) is 0 Å². The zero-order valence-electron chi connectivity index (χ0n) is 9.63. The maximum Gasteiger partial charge on any atom is 0.417 e. The van der Waals surface area contributed by atoms with Crippen LogP contribution >= 0.6 is 11.6 Å². The second kappa shape index (κ2) is 4.66. The summed E-state index contributed by atoms with van der Waals surface area (Å²) in [5.74, 6) is 0. The molecule has 0 heterocycles. The fourth-order valence-electron chi connectivity index (χ4n) is 1.85. The number of anilines is 2. The van der Waals surface area contributed by atoms with Crippen LogP contribution in [0.2, 0.25) is 5.02 Å². The van der Waals surface area contributed by atoms with Gasteiger partial charge in [0.15, 0.2) is 0 Å². The quantitative estimate of drug-likeness (QED) is 0.772. The summed E-state index contributed by atoms with van der Waals surface area (Å²) in [4.78, 5) is 0. The van der Waals surface area contributed by atoms with Crippen molar-refractivity contribution in [3.63, 3.8) is 0 Å². The van der Waals surface area contributed by atoms with Crippen molar-refractivity contribution >= 4 is 23.0 Å². The van der Waals surface area contributed by atoms with E-state index in [4.69, 9.17) is 23.1 Å². The lowest BCUT2D eigenvalue weighted by Crippen LogP contribution is -2.10. The zero-order chi connectivity index (χ0) is 14.2. The smallest absolute Gasteiger partial charge is 0.399 e. The van der Waals surface area contributed by atoms with Crippen LogP contribution in [-0.2, 0) is 6.18 Å². The van der Waals surface area contributed by atoms with Crippen molar-refractivity contribution in [3.8, 4) is 11.1 Å². The van der Waals surface area contributed by atoms with Gasteiger partial charge in [-0.05, 0) is 29.8 Å². The van der Waals surface area contributed by atoms with Gasteiger partial charge in [-0.15, -0.1) is 0 Å². The van der Waals surface area contributed by atoms with Crippen molar-refractivity contribution < 1.29 is 13.2 Å². The molecule has 2 aromatic rings. The maximum atomic E-state index is 13.0. The third kappa shape index (κ3) is 2.76. The van der Waals surface area contributed by atoms with Gasteiger partial charge >= 0.3 is 6.18 Å². The average Bonchev–Trinajstić information content (AvgIpc) is 2.28. The summed E-state index contributed by atoms with van der Waals surface area (Å²) in [6, 6.07) is 8.16. The van der Waals surface area contributed by atoms with Crippen LogP contribution in [0.25, 0.3) is 11.1 Å². The topological polar surface area (TPSA) is 52.0 Å². The normalized spacial score (nSPS) is 11.6. The predicted molar refractivity (Wildman–Crippen MR) is 70.7 cm³/mol. The molecule has 100 valence electrons. The van der Waals surface area contributed by atoms with Gasteiger partial charge in [0.1, 0.15) is 0 Å². The van der Waals surface area contributed by atoms with Crippen LogP contribution in [0.4, 0.5) is 24.5 Å². The molecule has 2 rings (SSSR count). The molecule has 6 heteroatoms. The van der Waals surface area contributed by atoms with E-state index in [1.807, 2.05) is 0 Å². The van der Waals surface area contributed by atoms with E-state index in [1.165, 1.54) is 30.3 Å². The first-order valence-electron chi connectivity index (χ1n) is 5.31. The van der Waals surface area contributed by atoms with Crippen LogP contribution in [0.3, 0.4) is 0 Å². The van der Waals surface area contributed by atoms with Crippen LogP contribution in [0.15, 0.2) is 36.4 Å². The van der Waals surface area contributed by atoms with Crippen molar-refractivity contribution in [2.75, 3.05) is 11.5 Å². The Labute approximate surface area is 112 Å². The van der Waals surface area contributed by atoms with Gasteiger partial charge in [0.2, 0.25) is 0 Å². The first-order chi connectivity index (χ1) is 8.79. The highest BCUT2D eigenvalue weighted by atomic mass is 35.5. The van der Waals surface area contributed by atoms with Crippen LogP contribution < -0.4 is 11.5 Å². The number of rotatable bonds is 1. The predicted octanol–water partition coefficient (Wildman–Crippen LogP) is 4.19. The minimum absolute atomic E-state index is 0.0188. The largest absolute Gasteiger partial charge is 0.417 e. The highest BCUT2D eigenvalue weighted by Crippen LogP contribution is 2.41. The van der Waals surface area contributed by atoms with Crippen LogP contribution in [0, 0.1) is 0 Å². The molecule has 0 aliphatic heterocycles. The van der Waals surface area contributed by atoms with Crippen molar-refractivity contribution in [1.29, 1.82) is 0 Å². The SMILES string of the molecule is Nc1cc(N)c(-c2ccc(Cl)cc2)c(C(F)(F)F)c1. The summed E-state index contributed by atoms with van der Waals surface area (Å²) in [5, 5.41) is 0.436. The standard InChI is InChI=1S/C13H10ClF3N2/c14-8-3-1-7(2-4-8)12-10(13(15,16)17)5-9(18)6-11(12)19/h1-6H,18-19H2. The van der Waals surface area contributed by atoms with Crippen LogP contribution in [0.5, 0.6) is 0 Å². The molecule has 0 radical (unpaired) electrons. The first-order valence-corrected chi connectivity index (χ1v) is 5.69. The van der Waals surface area contributed by atoms with Gasteiger partial charge in [0.05, 0.1) is 5.56 Å². The Bertz CT molecular complexity index is 607. The highest BCUT2D eigenvalue weighted by molar-refractivity contribution is 6.30. The highest BCUT2D eigenvalue weighted by Gasteiger charge is 2.35. The Balaban J connectivity index is 2.71. The Morgan fingerprint density at radius 2 is 1.53 bits per heavy atom. The third-order valence-electron chi connectivity index (χ3n) is 2.63. The van der Waals surface area contributed by atoms with E-state index in [2.05, 4.69) is 0 Å². The van der Waals surface area contributed by atoms with Gasteiger partial charge in [-0.1, -0.05) is 23.7 Å². The molecule has 19 heavy (non-hydrogen) atoms. The minimum atomic E-state index is -4.53. The molecule has 0 spiro atoms. The van der Waals surface area contributed by atoms with Crippen LogP contribution in [0.1, 0.15) is 5.56 Å². The first kappa shape index (κ1) is 13.5. The molecule has 4 N–H and O–H groups in total. The number of benzene rings is 2. The Kier molecular flexibility index (Phi) is 3.32. The summed E-state index contributed by atoms with van der Waals surface area (Å²) < 4.78 is 39.1. The van der Waals surface area contributed by atoms with Gasteiger partial charge in [0.25, 0.3) is 0 Å². The van der Waals surface area contributed by atoms with Gasteiger partial charge in [0, 0.05) is 22.0 Å². The number of halogens is 4. The number of nitrogen functional groups attached to an aromatic ring is 2. The molecule has 0 atom stereocenters. The van der Waals surface area contributed by atoms with Crippen molar-refractivity contribution in [3.05, 3.63) is 47.0 Å². The molecule has 0 aliphatic rings. The minimum Gasteiger partial charge on any atom is -0.399 e. The number of hydrogen-bond donors (Lipinski definition) is 2. The Hall–Kier alpha value is -1.88. The van der Waals surface area contributed by atoms with E-state index in [0.717, 1.165) is 6.07 Å². The van der Waals surface area contributed by atoms with Crippen molar-refractivity contribution in [2.24, 2.45) is 0 Å². The monoisotopic (exact) mass is 286 g/mol. The van der Waals surface area contributed by atoms with Gasteiger partial charge in [-0.2, -0.15) is 13.2 Å². The van der Waals surface area contributed by atoms with E-state index in [-0.39, 0.29) is 16.9 Å². The van der Waals surface area contributed by atoms with Crippen LogP contribution in [-0.4, -0.2) is 0 Å². The van der Waals surface area contributed by atoms with E-state index in [9.17, 15) is 13.2 Å². The molecular weight excluding hydrogens is 277 g/mol. The van der Waals surface area contributed by atoms with E-state index in [0.29, 0.717) is 10.6 Å². The third-order valence-corrected chi connectivity index (χ3v) is 2.88. The molecule has 0 saturated carbocycles.